The smallest absolute Gasteiger partial charge is 0.235 e. The molecule has 0 spiro atoms. The molecular formula is C33H28N2O3. The summed E-state index contributed by atoms with van der Waals surface area (Å²) in [5, 5.41) is 0. The molecule has 2 saturated heterocycles. The third kappa shape index (κ3) is 4.25. The first kappa shape index (κ1) is 24.0. The van der Waals surface area contributed by atoms with Gasteiger partial charge in [0.1, 0.15) is 0 Å². The van der Waals surface area contributed by atoms with Gasteiger partial charge in [-0.2, -0.15) is 0 Å². The van der Waals surface area contributed by atoms with E-state index in [4.69, 9.17) is 0 Å². The highest BCUT2D eigenvalue weighted by Crippen LogP contribution is 2.51. The van der Waals surface area contributed by atoms with Crippen molar-refractivity contribution >= 4 is 17.6 Å². The number of nitrogens with zero attached hydrogens (tertiary/aromatic N) is 2. The Balaban J connectivity index is 1.47. The fourth-order valence-corrected chi connectivity index (χ4v) is 6.07. The fourth-order valence-electron chi connectivity index (χ4n) is 6.07. The van der Waals surface area contributed by atoms with Crippen molar-refractivity contribution in [1.82, 2.24) is 9.80 Å². The van der Waals surface area contributed by atoms with Gasteiger partial charge in [0, 0.05) is 18.2 Å². The first-order chi connectivity index (χ1) is 18.6. The van der Waals surface area contributed by atoms with Crippen molar-refractivity contribution in [3.63, 3.8) is 0 Å². The topological polar surface area (TPSA) is 57.7 Å². The molecule has 5 nitrogen and oxygen atoms in total. The van der Waals surface area contributed by atoms with E-state index in [1.54, 1.807) is 12.1 Å². The Morgan fingerprint density at radius 1 is 0.579 bits per heavy atom. The highest BCUT2D eigenvalue weighted by atomic mass is 16.2. The lowest BCUT2D eigenvalue weighted by atomic mass is 9.84. The number of rotatable bonds is 7. The van der Waals surface area contributed by atoms with E-state index < -0.39 is 23.9 Å². The second kappa shape index (κ2) is 10.2. The van der Waals surface area contributed by atoms with Crippen molar-refractivity contribution in [3.05, 3.63) is 144 Å². The number of carbonyl (C=O) groups excluding carboxylic acids is 3. The molecule has 4 aromatic rings. The van der Waals surface area contributed by atoms with Gasteiger partial charge in [0.05, 0.1) is 24.4 Å². The molecule has 0 bridgehead atoms. The summed E-state index contributed by atoms with van der Waals surface area (Å²) in [5.74, 6) is -2.01. The maximum atomic E-state index is 14.2. The van der Waals surface area contributed by atoms with Crippen LogP contribution < -0.4 is 0 Å². The third-order valence-corrected chi connectivity index (χ3v) is 7.74. The number of imide groups is 1. The number of likely N-dealkylation sites (tertiary alicyclic amines) is 2. The molecule has 0 unspecified atom stereocenters. The maximum absolute atomic E-state index is 14.2. The molecule has 4 aromatic carbocycles. The Kier molecular flexibility index (Phi) is 6.44. The summed E-state index contributed by atoms with van der Waals surface area (Å²) in [6.45, 7) is 0.661. The van der Waals surface area contributed by atoms with E-state index in [1.807, 2.05) is 109 Å². The minimum absolute atomic E-state index is 0.127. The van der Waals surface area contributed by atoms with Crippen LogP contribution in [-0.2, 0) is 22.7 Å². The van der Waals surface area contributed by atoms with Gasteiger partial charge in [0.15, 0.2) is 5.78 Å². The first-order valence-corrected chi connectivity index (χ1v) is 13.0. The molecule has 4 atom stereocenters. The van der Waals surface area contributed by atoms with Crippen LogP contribution in [0.25, 0.3) is 0 Å². The zero-order valence-electron chi connectivity index (χ0n) is 20.9. The Morgan fingerprint density at radius 3 is 1.63 bits per heavy atom. The highest BCUT2D eigenvalue weighted by Gasteiger charge is 2.63. The second-order valence-electron chi connectivity index (χ2n) is 9.99. The van der Waals surface area contributed by atoms with Crippen LogP contribution in [0.4, 0.5) is 0 Å². The lowest BCUT2D eigenvalue weighted by molar-refractivity contribution is -0.142. The SMILES string of the molecule is O=C(c1ccccc1)[C@H]1[C@@H]2C(=O)N(Cc3ccccc3)C(=O)[C@@H]2[C@H](c2ccccc2)N1Cc1ccccc1. The molecule has 188 valence electrons. The summed E-state index contributed by atoms with van der Waals surface area (Å²) in [7, 11) is 0. The minimum atomic E-state index is -0.759. The molecule has 6 rings (SSSR count). The third-order valence-electron chi connectivity index (χ3n) is 7.74. The van der Waals surface area contributed by atoms with E-state index in [9.17, 15) is 14.4 Å². The molecule has 38 heavy (non-hydrogen) atoms. The van der Waals surface area contributed by atoms with Gasteiger partial charge in [-0.25, -0.2) is 0 Å². The van der Waals surface area contributed by atoms with Gasteiger partial charge in [0.2, 0.25) is 11.8 Å². The van der Waals surface area contributed by atoms with Gasteiger partial charge in [0.25, 0.3) is 0 Å². The second-order valence-corrected chi connectivity index (χ2v) is 9.99. The molecule has 0 saturated carbocycles. The van der Waals surface area contributed by atoms with Gasteiger partial charge in [-0.3, -0.25) is 24.2 Å². The number of Topliss-reactive ketones (excluding diaryl/α,β-unsaturated/α-hetero) is 1. The summed E-state index contributed by atoms with van der Waals surface area (Å²) < 4.78 is 0. The Morgan fingerprint density at radius 2 is 1.05 bits per heavy atom. The summed E-state index contributed by atoms with van der Waals surface area (Å²) in [4.78, 5) is 45.7. The van der Waals surface area contributed by atoms with Crippen LogP contribution in [0.5, 0.6) is 0 Å². The van der Waals surface area contributed by atoms with Crippen molar-refractivity contribution in [3.8, 4) is 0 Å². The van der Waals surface area contributed by atoms with Crippen LogP contribution in [0.2, 0.25) is 0 Å². The Hall–Kier alpha value is -4.35. The van der Waals surface area contributed by atoms with Gasteiger partial charge in [-0.05, 0) is 16.7 Å². The van der Waals surface area contributed by atoms with Crippen molar-refractivity contribution in [1.29, 1.82) is 0 Å². The molecule has 0 aliphatic carbocycles. The highest BCUT2D eigenvalue weighted by molar-refractivity contribution is 6.11. The monoisotopic (exact) mass is 500 g/mol. The number of ketones is 1. The largest absolute Gasteiger partial charge is 0.292 e. The van der Waals surface area contributed by atoms with Crippen LogP contribution in [0.3, 0.4) is 0 Å². The van der Waals surface area contributed by atoms with E-state index >= 15 is 0 Å². The van der Waals surface area contributed by atoms with E-state index in [-0.39, 0.29) is 24.1 Å². The molecule has 0 N–H and O–H groups in total. The van der Waals surface area contributed by atoms with Crippen molar-refractivity contribution < 1.29 is 14.4 Å². The van der Waals surface area contributed by atoms with Gasteiger partial charge in [-0.1, -0.05) is 121 Å². The minimum Gasteiger partial charge on any atom is -0.292 e. The predicted molar refractivity (Wildman–Crippen MR) is 145 cm³/mol. The van der Waals surface area contributed by atoms with Gasteiger partial charge in [-0.15, -0.1) is 0 Å². The van der Waals surface area contributed by atoms with Crippen LogP contribution in [0.15, 0.2) is 121 Å². The summed E-state index contributed by atoms with van der Waals surface area (Å²) >= 11 is 0. The maximum Gasteiger partial charge on any atom is 0.235 e. The molecule has 2 aliphatic heterocycles. The zero-order valence-corrected chi connectivity index (χ0v) is 20.9. The average molecular weight is 501 g/mol. The van der Waals surface area contributed by atoms with Crippen molar-refractivity contribution in [2.24, 2.45) is 11.8 Å². The van der Waals surface area contributed by atoms with Gasteiger partial charge < -0.3 is 0 Å². The number of benzene rings is 4. The van der Waals surface area contributed by atoms with E-state index in [0.29, 0.717) is 12.1 Å². The normalized spacial score (nSPS) is 23.0. The summed E-state index contributed by atoms with van der Waals surface area (Å²) in [6.07, 6.45) is 0. The van der Waals surface area contributed by atoms with E-state index in [1.165, 1.54) is 4.90 Å². The molecule has 2 heterocycles. The number of amides is 2. The summed E-state index contributed by atoms with van der Waals surface area (Å²) in [6, 6.07) is 37.2. The molecule has 2 amide bonds. The first-order valence-electron chi connectivity index (χ1n) is 13.0. The molecule has 2 aliphatic rings. The lowest BCUT2D eigenvalue weighted by Crippen LogP contribution is -2.45. The average Bonchev–Trinajstić information content (AvgIpc) is 3.42. The lowest BCUT2D eigenvalue weighted by Gasteiger charge is -2.33. The molecule has 0 radical (unpaired) electrons. The standard InChI is InChI=1S/C33H28N2O3/c36-31(26-19-11-4-12-20-26)30-28-27(32(37)35(33(28)38)22-24-15-7-2-8-16-24)29(25-17-9-3-10-18-25)34(30)21-23-13-5-1-6-14-23/h1-20,27-30H,21-22H2/t27-,28+,29-,30+/m0/s1. The summed E-state index contributed by atoms with van der Waals surface area (Å²) in [5.41, 5.74) is 3.40. The number of hydrogen-bond donors (Lipinski definition) is 0. The van der Waals surface area contributed by atoms with Gasteiger partial charge >= 0.3 is 0 Å². The quantitative estimate of drug-likeness (QED) is 0.255. The molecule has 2 fully saturated rings. The van der Waals surface area contributed by atoms with Crippen LogP contribution in [0.1, 0.15) is 33.1 Å². The number of hydrogen-bond acceptors (Lipinski definition) is 4. The molecular weight excluding hydrogens is 472 g/mol. The zero-order chi connectivity index (χ0) is 26.1. The van der Waals surface area contributed by atoms with Crippen LogP contribution in [0, 0.1) is 11.8 Å². The fraction of sp³-hybridized carbons (Fsp3) is 0.182. The Labute approximate surface area is 222 Å². The van der Waals surface area contributed by atoms with Crippen molar-refractivity contribution in [2.45, 2.75) is 25.2 Å². The Bertz CT molecular complexity index is 1440. The van der Waals surface area contributed by atoms with E-state index in [2.05, 4.69) is 4.90 Å². The predicted octanol–water partition coefficient (Wildman–Crippen LogP) is 5.30. The number of carbonyl (C=O) groups is 3. The van der Waals surface area contributed by atoms with Crippen LogP contribution >= 0.6 is 0 Å². The van der Waals surface area contributed by atoms with E-state index in [0.717, 1.165) is 16.7 Å². The van der Waals surface area contributed by atoms with Crippen molar-refractivity contribution in [2.75, 3.05) is 0 Å². The van der Waals surface area contributed by atoms with Crippen LogP contribution in [-0.4, -0.2) is 33.4 Å². The molecule has 5 heteroatoms. The number of fused-ring (bicyclic) bond motifs is 1. The molecule has 0 aromatic heterocycles.